The monoisotopic (exact) mass is 325 g/mol. The molecule has 1 aromatic rings. The van der Waals surface area contributed by atoms with E-state index in [1.165, 1.54) is 12.8 Å². The largest absolute Gasteiger partial charge is 0.352 e. The van der Waals surface area contributed by atoms with Gasteiger partial charge in [0.15, 0.2) is 0 Å². The Morgan fingerprint density at radius 3 is 2.79 bits per heavy atom. The third-order valence-electron chi connectivity index (χ3n) is 5.35. The SMILES string of the molecule is O=C(CN1C(=O)[C@H]2CCCC2=Nc2ccccc21)NC1CCCC1. The van der Waals surface area contributed by atoms with Crippen LogP contribution >= 0.6 is 0 Å². The lowest BCUT2D eigenvalue weighted by Gasteiger charge is -2.25. The van der Waals surface area contributed by atoms with E-state index in [0.29, 0.717) is 0 Å². The minimum absolute atomic E-state index is 0.0257. The second-order valence-corrected chi connectivity index (χ2v) is 7.01. The van der Waals surface area contributed by atoms with Gasteiger partial charge in [-0.15, -0.1) is 0 Å². The Bertz CT molecular complexity index is 692. The van der Waals surface area contributed by atoms with Gasteiger partial charge in [-0.3, -0.25) is 14.6 Å². The summed E-state index contributed by atoms with van der Waals surface area (Å²) < 4.78 is 0. The first-order valence-corrected chi connectivity index (χ1v) is 8.99. The lowest BCUT2D eigenvalue weighted by atomic mass is 10.1. The first kappa shape index (κ1) is 15.4. The number of hydrogen-bond acceptors (Lipinski definition) is 3. The van der Waals surface area contributed by atoms with E-state index in [4.69, 9.17) is 4.99 Å². The van der Waals surface area contributed by atoms with Crippen LogP contribution < -0.4 is 10.2 Å². The molecule has 1 aliphatic heterocycles. The Labute approximate surface area is 142 Å². The van der Waals surface area contributed by atoms with Crippen LogP contribution in [-0.4, -0.2) is 30.1 Å². The van der Waals surface area contributed by atoms with Gasteiger partial charge >= 0.3 is 0 Å². The van der Waals surface area contributed by atoms with Crippen molar-refractivity contribution in [2.75, 3.05) is 11.4 Å². The van der Waals surface area contributed by atoms with Crippen molar-refractivity contribution in [3.8, 4) is 0 Å². The van der Waals surface area contributed by atoms with E-state index in [0.717, 1.165) is 49.2 Å². The average Bonchev–Trinajstić information content (AvgIpc) is 3.23. The molecule has 0 aromatic heterocycles. The predicted octanol–water partition coefficient (Wildman–Crippen LogP) is 2.96. The molecule has 126 valence electrons. The summed E-state index contributed by atoms with van der Waals surface area (Å²) in [6, 6.07) is 7.92. The standard InChI is InChI=1S/C19H23N3O2/c23-18(20-13-6-1-2-7-13)12-22-17-11-4-3-9-16(17)21-15-10-5-8-14(15)19(22)24/h3-4,9,11,13-14H,1-2,5-8,10,12H2,(H,20,23)/t14-/m0/s1. The molecule has 2 aliphatic carbocycles. The Balaban J connectivity index is 1.59. The predicted molar refractivity (Wildman–Crippen MR) is 93.6 cm³/mol. The number of benzene rings is 1. The Kier molecular flexibility index (Phi) is 4.08. The molecule has 0 spiro atoms. The van der Waals surface area contributed by atoms with E-state index in [1.807, 2.05) is 24.3 Å². The number of amides is 2. The second-order valence-electron chi connectivity index (χ2n) is 7.01. The Morgan fingerprint density at radius 1 is 1.17 bits per heavy atom. The molecule has 1 heterocycles. The van der Waals surface area contributed by atoms with Crippen molar-refractivity contribution in [1.29, 1.82) is 0 Å². The number of nitrogens with zero attached hydrogens (tertiary/aromatic N) is 2. The summed E-state index contributed by atoms with van der Waals surface area (Å²) in [4.78, 5) is 31.9. The van der Waals surface area contributed by atoms with Crippen molar-refractivity contribution < 1.29 is 9.59 Å². The molecular formula is C19H23N3O2. The number of carbonyl (C=O) groups excluding carboxylic acids is 2. The zero-order chi connectivity index (χ0) is 16.5. The van der Waals surface area contributed by atoms with Crippen molar-refractivity contribution >= 4 is 28.9 Å². The highest BCUT2D eigenvalue weighted by atomic mass is 16.2. The molecule has 0 radical (unpaired) electrons. The van der Waals surface area contributed by atoms with E-state index >= 15 is 0 Å². The highest BCUT2D eigenvalue weighted by Crippen LogP contribution is 2.37. The lowest BCUT2D eigenvalue weighted by molar-refractivity contribution is -0.125. The molecule has 2 fully saturated rings. The van der Waals surface area contributed by atoms with Crippen molar-refractivity contribution in [3.63, 3.8) is 0 Å². The van der Waals surface area contributed by atoms with E-state index < -0.39 is 0 Å². The second kappa shape index (κ2) is 6.38. The van der Waals surface area contributed by atoms with Crippen LogP contribution in [0.15, 0.2) is 29.3 Å². The van der Waals surface area contributed by atoms with Gasteiger partial charge in [-0.1, -0.05) is 25.0 Å². The van der Waals surface area contributed by atoms with Gasteiger partial charge in [0.05, 0.1) is 17.3 Å². The fourth-order valence-electron chi connectivity index (χ4n) is 4.13. The molecule has 0 bridgehead atoms. The fourth-order valence-corrected chi connectivity index (χ4v) is 4.13. The molecule has 1 atom stereocenters. The smallest absolute Gasteiger partial charge is 0.240 e. The molecule has 0 saturated heterocycles. The molecule has 4 rings (SSSR count). The number of fused-ring (bicyclic) bond motifs is 2. The van der Waals surface area contributed by atoms with Crippen LogP contribution in [0.5, 0.6) is 0 Å². The van der Waals surface area contributed by atoms with Gasteiger partial charge in [0, 0.05) is 11.8 Å². The summed E-state index contributed by atoms with van der Waals surface area (Å²) >= 11 is 0. The van der Waals surface area contributed by atoms with E-state index in [1.54, 1.807) is 4.90 Å². The number of anilines is 1. The summed E-state index contributed by atoms with van der Waals surface area (Å²) in [6.45, 7) is 0.0889. The highest BCUT2D eigenvalue weighted by Gasteiger charge is 2.37. The molecule has 24 heavy (non-hydrogen) atoms. The van der Waals surface area contributed by atoms with Gasteiger partial charge in [-0.2, -0.15) is 0 Å². The van der Waals surface area contributed by atoms with Gasteiger partial charge in [0.1, 0.15) is 6.54 Å². The van der Waals surface area contributed by atoms with Gasteiger partial charge in [-0.25, -0.2) is 0 Å². The molecular weight excluding hydrogens is 302 g/mol. The zero-order valence-corrected chi connectivity index (χ0v) is 13.8. The molecule has 0 unspecified atom stereocenters. The number of rotatable bonds is 3. The van der Waals surface area contributed by atoms with Gasteiger partial charge in [0.25, 0.3) is 0 Å². The van der Waals surface area contributed by atoms with Crippen LogP contribution in [-0.2, 0) is 9.59 Å². The van der Waals surface area contributed by atoms with Gasteiger partial charge in [0.2, 0.25) is 11.8 Å². The minimum Gasteiger partial charge on any atom is -0.352 e. The first-order chi connectivity index (χ1) is 11.7. The van der Waals surface area contributed by atoms with Crippen LogP contribution in [0.1, 0.15) is 44.9 Å². The van der Waals surface area contributed by atoms with Crippen molar-refractivity contribution in [3.05, 3.63) is 24.3 Å². The van der Waals surface area contributed by atoms with E-state index in [2.05, 4.69) is 5.32 Å². The maximum absolute atomic E-state index is 13.0. The maximum Gasteiger partial charge on any atom is 0.240 e. The van der Waals surface area contributed by atoms with Crippen LogP contribution in [0.4, 0.5) is 11.4 Å². The molecule has 5 heteroatoms. The van der Waals surface area contributed by atoms with E-state index in [-0.39, 0.29) is 30.3 Å². The highest BCUT2D eigenvalue weighted by molar-refractivity contribution is 6.16. The molecule has 5 nitrogen and oxygen atoms in total. The topological polar surface area (TPSA) is 61.8 Å². The van der Waals surface area contributed by atoms with Crippen LogP contribution in [0, 0.1) is 5.92 Å². The lowest BCUT2D eigenvalue weighted by Crippen LogP contribution is -2.45. The Morgan fingerprint density at radius 2 is 1.96 bits per heavy atom. The molecule has 1 aromatic carbocycles. The number of carbonyl (C=O) groups is 2. The quantitative estimate of drug-likeness (QED) is 0.928. The number of para-hydroxylation sites is 2. The number of hydrogen-bond donors (Lipinski definition) is 1. The summed E-state index contributed by atoms with van der Waals surface area (Å²) in [5.74, 6) is -0.194. The third-order valence-corrected chi connectivity index (χ3v) is 5.35. The molecule has 3 aliphatic rings. The summed E-state index contributed by atoms with van der Waals surface area (Å²) in [7, 11) is 0. The normalized spacial score (nSPS) is 23.5. The van der Waals surface area contributed by atoms with Gasteiger partial charge < -0.3 is 10.2 Å². The molecule has 1 N–H and O–H groups in total. The summed E-state index contributed by atoms with van der Waals surface area (Å²) in [5.41, 5.74) is 2.54. The van der Waals surface area contributed by atoms with Crippen LogP contribution in [0.3, 0.4) is 0 Å². The number of aliphatic imine (C=N–C) groups is 1. The fraction of sp³-hybridized carbons (Fsp3) is 0.526. The van der Waals surface area contributed by atoms with Crippen molar-refractivity contribution in [1.82, 2.24) is 5.32 Å². The molecule has 2 saturated carbocycles. The maximum atomic E-state index is 13.0. The minimum atomic E-state index is -0.156. The summed E-state index contributed by atoms with van der Waals surface area (Å²) in [6.07, 6.45) is 7.17. The van der Waals surface area contributed by atoms with Crippen LogP contribution in [0.2, 0.25) is 0 Å². The van der Waals surface area contributed by atoms with Crippen LogP contribution in [0.25, 0.3) is 0 Å². The van der Waals surface area contributed by atoms with E-state index in [9.17, 15) is 9.59 Å². The summed E-state index contributed by atoms with van der Waals surface area (Å²) in [5, 5.41) is 3.09. The Hall–Kier alpha value is -2.17. The van der Waals surface area contributed by atoms with Crippen molar-refractivity contribution in [2.45, 2.75) is 51.0 Å². The number of nitrogens with one attached hydrogen (secondary N) is 1. The van der Waals surface area contributed by atoms with Crippen molar-refractivity contribution in [2.24, 2.45) is 10.9 Å². The average molecular weight is 325 g/mol. The first-order valence-electron chi connectivity index (χ1n) is 8.99. The van der Waals surface area contributed by atoms with Gasteiger partial charge in [-0.05, 0) is 44.2 Å². The third kappa shape index (κ3) is 2.83. The molecule has 2 amide bonds. The zero-order valence-electron chi connectivity index (χ0n) is 13.8.